The summed E-state index contributed by atoms with van der Waals surface area (Å²) in [6.45, 7) is 0.928. The molecule has 2 aromatic rings. The zero-order valence-electron chi connectivity index (χ0n) is 13.1. The predicted molar refractivity (Wildman–Crippen MR) is 86.0 cm³/mol. The summed E-state index contributed by atoms with van der Waals surface area (Å²) >= 11 is 0. The molecule has 8 nitrogen and oxygen atoms in total. The van der Waals surface area contributed by atoms with Crippen LogP contribution in [0, 0.1) is 12.3 Å². The van der Waals surface area contributed by atoms with Gasteiger partial charge < -0.3 is 5.32 Å². The third-order valence-corrected chi connectivity index (χ3v) is 3.68. The summed E-state index contributed by atoms with van der Waals surface area (Å²) in [5.74, 6) is 2.31. The third-order valence-electron chi connectivity index (χ3n) is 3.68. The molecule has 0 saturated carbocycles. The lowest BCUT2D eigenvalue weighted by atomic mass is 10.0. The van der Waals surface area contributed by atoms with Gasteiger partial charge in [0.25, 0.3) is 5.91 Å². The van der Waals surface area contributed by atoms with Crippen LogP contribution in [-0.2, 0) is 6.54 Å². The molecule has 3 heterocycles. The Bertz CT molecular complexity index is 769. The van der Waals surface area contributed by atoms with Gasteiger partial charge in [-0.1, -0.05) is 11.3 Å². The number of nitrogens with zero attached hydrogens (tertiary/aromatic N) is 6. The third kappa shape index (κ3) is 4.01. The molecule has 0 spiro atoms. The van der Waals surface area contributed by atoms with Crippen molar-refractivity contribution in [1.82, 2.24) is 25.3 Å². The highest BCUT2D eigenvalue weighted by Crippen LogP contribution is 2.35. The Balaban J connectivity index is 1.47. The van der Waals surface area contributed by atoms with Gasteiger partial charge in [0.15, 0.2) is 11.4 Å². The molecule has 122 valence electrons. The fraction of sp³-hybridized carbons (Fsp3) is 0.375. The van der Waals surface area contributed by atoms with Gasteiger partial charge in [-0.3, -0.25) is 9.78 Å². The van der Waals surface area contributed by atoms with Crippen molar-refractivity contribution < 1.29 is 4.79 Å². The van der Waals surface area contributed by atoms with Crippen molar-refractivity contribution in [3.8, 4) is 12.3 Å². The van der Waals surface area contributed by atoms with E-state index in [2.05, 4.69) is 36.8 Å². The first-order valence-corrected chi connectivity index (χ1v) is 7.66. The zero-order valence-corrected chi connectivity index (χ0v) is 13.1. The minimum Gasteiger partial charge on any atom is -0.350 e. The summed E-state index contributed by atoms with van der Waals surface area (Å²) in [5, 5.41) is 18.7. The van der Waals surface area contributed by atoms with E-state index in [1.807, 2.05) is 18.2 Å². The monoisotopic (exact) mass is 323 g/mol. The molecule has 1 aliphatic heterocycles. The Morgan fingerprint density at radius 3 is 2.92 bits per heavy atom. The van der Waals surface area contributed by atoms with E-state index in [4.69, 9.17) is 6.42 Å². The highest BCUT2D eigenvalue weighted by atomic mass is 16.2. The van der Waals surface area contributed by atoms with Gasteiger partial charge >= 0.3 is 0 Å². The molecule has 8 heteroatoms. The van der Waals surface area contributed by atoms with Crippen molar-refractivity contribution in [2.24, 2.45) is 10.2 Å². The van der Waals surface area contributed by atoms with Crippen molar-refractivity contribution in [3.63, 3.8) is 0 Å². The van der Waals surface area contributed by atoms with Crippen molar-refractivity contribution in [2.45, 2.75) is 31.5 Å². The van der Waals surface area contributed by atoms with E-state index in [-0.39, 0.29) is 11.6 Å². The Kier molecular flexibility index (Phi) is 4.61. The van der Waals surface area contributed by atoms with Crippen LogP contribution in [0.1, 0.15) is 35.4 Å². The molecule has 24 heavy (non-hydrogen) atoms. The maximum Gasteiger partial charge on any atom is 0.273 e. The highest BCUT2D eigenvalue weighted by Gasteiger charge is 2.38. The number of carbonyl (C=O) groups is 1. The second kappa shape index (κ2) is 7.00. The standard InChI is InChI=1S/C16H17N7O/c1-2-3-7-16(20-21-16)8-10-18-15(24)14-12-23(22-19-14)11-13-6-4-5-9-17-13/h1,4-6,9,12H,3,7-8,10-11H2,(H,18,24). The van der Waals surface area contributed by atoms with Gasteiger partial charge in [-0.15, -0.1) is 17.4 Å². The molecular weight excluding hydrogens is 306 g/mol. The topological polar surface area (TPSA) is 97.4 Å². The lowest BCUT2D eigenvalue weighted by molar-refractivity contribution is 0.0947. The van der Waals surface area contributed by atoms with Crippen LogP contribution in [0.3, 0.4) is 0 Å². The lowest BCUT2D eigenvalue weighted by Gasteiger charge is -2.08. The van der Waals surface area contributed by atoms with Crippen molar-refractivity contribution in [3.05, 3.63) is 42.0 Å². The van der Waals surface area contributed by atoms with Crippen LogP contribution < -0.4 is 5.32 Å². The molecule has 1 N–H and O–H groups in total. The summed E-state index contributed by atoms with van der Waals surface area (Å²) in [6.07, 6.45) is 10.6. The first-order valence-electron chi connectivity index (χ1n) is 7.66. The van der Waals surface area contributed by atoms with E-state index in [0.29, 0.717) is 25.9 Å². The van der Waals surface area contributed by atoms with Crippen LogP contribution in [0.4, 0.5) is 0 Å². The first-order chi connectivity index (χ1) is 11.7. The van der Waals surface area contributed by atoms with E-state index in [1.165, 1.54) is 0 Å². The maximum atomic E-state index is 12.1. The quantitative estimate of drug-likeness (QED) is 0.743. The van der Waals surface area contributed by atoms with Gasteiger partial charge in [0.05, 0.1) is 18.4 Å². The predicted octanol–water partition coefficient (Wildman–Crippen LogP) is 1.42. The van der Waals surface area contributed by atoms with E-state index in [9.17, 15) is 4.79 Å². The van der Waals surface area contributed by atoms with E-state index < -0.39 is 5.66 Å². The number of pyridine rings is 1. The van der Waals surface area contributed by atoms with Crippen molar-refractivity contribution in [1.29, 1.82) is 0 Å². The molecule has 0 aromatic carbocycles. The minimum atomic E-state index is -0.393. The first kappa shape index (κ1) is 15.8. The van der Waals surface area contributed by atoms with Gasteiger partial charge in [-0.25, -0.2) is 4.68 Å². The molecule has 0 atom stereocenters. The molecule has 0 saturated heterocycles. The SMILES string of the molecule is C#CCCC1(CCNC(=O)c2cn(Cc3ccccn3)nn2)N=N1. The second-order valence-corrected chi connectivity index (χ2v) is 5.51. The Morgan fingerprint density at radius 1 is 1.33 bits per heavy atom. The van der Waals surface area contributed by atoms with Crippen LogP contribution in [0.5, 0.6) is 0 Å². The van der Waals surface area contributed by atoms with Crippen LogP contribution in [-0.4, -0.2) is 38.1 Å². The average molecular weight is 323 g/mol. The van der Waals surface area contributed by atoms with Gasteiger partial charge in [-0.2, -0.15) is 10.2 Å². The molecule has 0 fully saturated rings. The zero-order chi connectivity index (χ0) is 16.8. The fourth-order valence-corrected chi connectivity index (χ4v) is 2.27. The summed E-state index contributed by atoms with van der Waals surface area (Å²) in [5.41, 5.74) is 0.728. The van der Waals surface area contributed by atoms with E-state index >= 15 is 0 Å². The Labute approximate surface area is 139 Å². The number of hydrogen-bond acceptors (Lipinski definition) is 6. The molecule has 0 bridgehead atoms. The van der Waals surface area contributed by atoms with Crippen molar-refractivity contribution in [2.75, 3.05) is 6.54 Å². The molecule has 0 aliphatic carbocycles. The largest absolute Gasteiger partial charge is 0.350 e. The molecule has 0 radical (unpaired) electrons. The van der Waals surface area contributed by atoms with Gasteiger partial charge in [0.1, 0.15) is 0 Å². The summed E-state index contributed by atoms with van der Waals surface area (Å²) in [7, 11) is 0. The maximum absolute atomic E-state index is 12.1. The molecule has 0 unspecified atom stereocenters. The molecule has 2 aromatic heterocycles. The number of amides is 1. The summed E-state index contributed by atoms with van der Waals surface area (Å²) in [6, 6.07) is 5.63. The summed E-state index contributed by atoms with van der Waals surface area (Å²) < 4.78 is 1.58. The molecular formula is C16H17N7O. The van der Waals surface area contributed by atoms with Gasteiger partial charge in [0.2, 0.25) is 0 Å². The van der Waals surface area contributed by atoms with Gasteiger partial charge in [-0.05, 0) is 12.1 Å². The smallest absolute Gasteiger partial charge is 0.273 e. The number of nitrogens with one attached hydrogen (secondary N) is 1. The molecule has 1 amide bonds. The highest BCUT2D eigenvalue weighted by molar-refractivity contribution is 5.91. The number of hydrogen-bond donors (Lipinski definition) is 1. The lowest BCUT2D eigenvalue weighted by Crippen LogP contribution is -2.28. The second-order valence-electron chi connectivity index (χ2n) is 5.51. The van der Waals surface area contributed by atoms with Crippen LogP contribution in [0.15, 0.2) is 40.8 Å². The summed E-state index contributed by atoms with van der Waals surface area (Å²) in [4.78, 5) is 16.3. The molecule has 3 rings (SSSR count). The molecule has 1 aliphatic rings. The number of aromatic nitrogens is 4. The average Bonchev–Trinajstić information content (AvgIpc) is 3.21. The number of terminal acetylenes is 1. The van der Waals surface area contributed by atoms with Crippen LogP contribution in [0.25, 0.3) is 0 Å². The Morgan fingerprint density at radius 2 is 2.21 bits per heavy atom. The van der Waals surface area contributed by atoms with E-state index in [1.54, 1.807) is 17.1 Å². The number of carbonyl (C=O) groups excluding carboxylic acids is 1. The van der Waals surface area contributed by atoms with Crippen molar-refractivity contribution >= 4 is 5.91 Å². The normalized spacial score (nSPS) is 14.1. The fourth-order valence-electron chi connectivity index (χ4n) is 2.27. The minimum absolute atomic E-state index is 0.268. The van der Waals surface area contributed by atoms with Crippen LogP contribution in [0.2, 0.25) is 0 Å². The number of rotatable bonds is 8. The van der Waals surface area contributed by atoms with E-state index in [0.717, 1.165) is 12.1 Å². The Hall–Kier alpha value is -3.08. The van der Waals surface area contributed by atoms with Gasteiger partial charge in [0, 0.05) is 32.0 Å². The van der Waals surface area contributed by atoms with Crippen LogP contribution >= 0.6 is 0 Å².